The molecule has 1 amide bonds. The van der Waals surface area contributed by atoms with Crippen LogP contribution in [-0.4, -0.2) is 20.7 Å². The molecule has 3 rings (SSSR count). The van der Waals surface area contributed by atoms with Crippen LogP contribution in [0.1, 0.15) is 16.1 Å². The highest BCUT2D eigenvalue weighted by Gasteiger charge is 2.14. The summed E-state index contributed by atoms with van der Waals surface area (Å²) >= 11 is 0. The van der Waals surface area contributed by atoms with E-state index in [1.807, 2.05) is 12.1 Å². The van der Waals surface area contributed by atoms with Crippen LogP contribution in [0.25, 0.3) is 11.3 Å². The van der Waals surface area contributed by atoms with Gasteiger partial charge in [0.05, 0.1) is 5.69 Å². The van der Waals surface area contributed by atoms with E-state index >= 15 is 0 Å². The van der Waals surface area contributed by atoms with Gasteiger partial charge in [-0.25, -0.2) is 4.39 Å². The van der Waals surface area contributed by atoms with Crippen LogP contribution in [0, 0.1) is 5.82 Å². The van der Waals surface area contributed by atoms with Crippen LogP contribution in [0.2, 0.25) is 0 Å². The van der Waals surface area contributed by atoms with Gasteiger partial charge in [-0.2, -0.15) is 5.10 Å². The fraction of sp³-hybridized carbons (Fsp3) is 0.118. The van der Waals surface area contributed by atoms with E-state index in [0.29, 0.717) is 17.8 Å². The molecular formula is C17H15FN4O. The molecular weight excluding hydrogens is 295 g/mol. The molecule has 0 aliphatic carbocycles. The molecule has 3 aromatic rings. The third-order valence-corrected chi connectivity index (χ3v) is 3.41. The van der Waals surface area contributed by atoms with Crippen LogP contribution in [0.3, 0.4) is 0 Å². The molecule has 2 aromatic heterocycles. The van der Waals surface area contributed by atoms with Crippen molar-refractivity contribution >= 4 is 5.91 Å². The average Bonchev–Trinajstić information content (AvgIpc) is 2.95. The Labute approximate surface area is 132 Å². The number of nitrogens with zero attached hydrogens (tertiary/aromatic N) is 3. The number of carbonyl (C=O) groups excluding carboxylic acids is 1. The number of nitrogens with one attached hydrogen (secondary N) is 1. The molecule has 5 nitrogen and oxygen atoms in total. The maximum absolute atomic E-state index is 13.3. The summed E-state index contributed by atoms with van der Waals surface area (Å²) in [6.45, 7) is 0.374. The largest absolute Gasteiger partial charge is 0.347 e. The Kier molecular flexibility index (Phi) is 4.14. The van der Waals surface area contributed by atoms with Crippen LogP contribution in [0.15, 0.2) is 54.9 Å². The minimum Gasteiger partial charge on any atom is -0.347 e. The summed E-state index contributed by atoms with van der Waals surface area (Å²) in [6, 6.07) is 11.5. The number of hydrogen-bond donors (Lipinski definition) is 1. The second-order valence-electron chi connectivity index (χ2n) is 5.09. The third kappa shape index (κ3) is 3.42. The van der Waals surface area contributed by atoms with Crippen LogP contribution < -0.4 is 5.32 Å². The lowest BCUT2D eigenvalue weighted by molar-refractivity contribution is 0.0945. The number of benzene rings is 1. The first-order valence-corrected chi connectivity index (χ1v) is 7.10. The van der Waals surface area contributed by atoms with E-state index in [1.165, 1.54) is 12.1 Å². The van der Waals surface area contributed by atoms with Gasteiger partial charge < -0.3 is 5.32 Å². The number of carbonyl (C=O) groups is 1. The van der Waals surface area contributed by atoms with Crippen LogP contribution in [0.4, 0.5) is 4.39 Å². The molecule has 0 saturated carbocycles. The standard InChI is InChI=1S/C17H15FN4O/c1-22-16(13-5-2-6-14(18)8-13)9-15(21-22)17(23)20-11-12-4-3-7-19-10-12/h2-10H,11H2,1H3,(H,20,23). The first-order chi connectivity index (χ1) is 11.1. The summed E-state index contributed by atoms with van der Waals surface area (Å²) in [5.41, 5.74) is 2.54. The maximum atomic E-state index is 13.3. The van der Waals surface area contributed by atoms with Gasteiger partial charge in [0, 0.05) is 31.5 Å². The number of halogens is 1. The Morgan fingerprint density at radius 2 is 2.13 bits per heavy atom. The molecule has 116 valence electrons. The van der Waals surface area contributed by atoms with Crippen LogP contribution >= 0.6 is 0 Å². The fourth-order valence-electron chi connectivity index (χ4n) is 2.27. The van der Waals surface area contributed by atoms with Crippen molar-refractivity contribution in [3.8, 4) is 11.3 Å². The van der Waals surface area contributed by atoms with Crippen molar-refractivity contribution in [2.24, 2.45) is 7.05 Å². The van der Waals surface area contributed by atoms with Gasteiger partial charge in [-0.3, -0.25) is 14.5 Å². The molecule has 0 saturated heterocycles. The van der Waals surface area contributed by atoms with Crippen molar-refractivity contribution in [1.82, 2.24) is 20.1 Å². The molecule has 1 N–H and O–H groups in total. The van der Waals surface area contributed by atoms with Crippen molar-refractivity contribution < 1.29 is 9.18 Å². The smallest absolute Gasteiger partial charge is 0.272 e. The molecule has 1 aromatic carbocycles. The number of pyridine rings is 1. The zero-order chi connectivity index (χ0) is 16.2. The second kappa shape index (κ2) is 6.39. The molecule has 2 heterocycles. The molecule has 0 fully saturated rings. The Balaban J connectivity index is 1.76. The summed E-state index contributed by atoms with van der Waals surface area (Å²) in [7, 11) is 1.72. The Morgan fingerprint density at radius 1 is 1.26 bits per heavy atom. The lowest BCUT2D eigenvalue weighted by Gasteiger charge is -2.02. The molecule has 0 unspecified atom stereocenters. The van der Waals surface area contributed by atoms with Crippen molar-refractivity contribution in [3.63, 3.8) is 0 Å². The van der Waals surface area contributed by atoms with Crippen molar-refractivity contribution in [2.75, 3.05) is 0 Å². The van der Waals surface area contributed by atoms with Crippen molar-refractivity contribution in [1.29, 1.82) is 0 Å². The van der Waals surface area contributed by atoms with E-state index in [0.717, 1.165) is 5.56 Å². The van der Waals surface area contributed by atoms with Gasteiger partial charge >= 0.3 is 0 Å². The van der Waals surface area contributed by atoms with Crippen molar-refractivity contribution in [2.45, 2.75) is 6.54 Å². The zero-order valence-corrected chi connectivity index (χ0v) is 12.5. The highest BCUT2D eigenvalue weighted by atomic mass is 19.1. The van der Waals surface area contributed by atoms with E-state index in [9.17, 15) is 9.18 Å². The maximum Gasteiger partial charge on any atom is 0.272 e. The van der Waals surface area contributed by atoms with E-state index in [2.05, 4.69) is 15.4 Å². The SMILES string of the molecule is Cn1nc(C(=O)NCc2cccnc2)cc1-c1cccc(F)c1. The van der Waals surface area contributed by atoms with Gasteiger partial charge in [0.2, 0.25) is 0 Å². The molecule has 0 radical (unpaired) electrons. The monoisotopic (exact) mass is 310 g/mol. The van der Waals surface area contributed by atoms with Crippen molar-refractivity contribution in [3.05, 3.63) is 71.9 Å². The summed E-state index contributed by atoms with van der Waals surface area (Å²) in [4.78, 5) is 16.2. The first kappa shape index (κ1) is 14.9. The Morgan fingerprint density at radius 3 is 2.87 bits per heavy atom. The van der Waals surface area contributed by atoms with Gasteiger partial charge in [0.1, 0.15) is 5.82 Å². The van der Waals surface area contributed by atoms with E-state index < -0.39 is 0 Å². The van der Waals surface area contributed by atoms with Crippen LogP contribution in [0.5, 0.6) is 0 Å². The number of amides is 1. The van der Waals surface area contributed by atoms with E-state index in [1.54, 1.807) is 42.3 Å². The minimum absolute atomic E-state index is 0.285. The summed E-state index contributed by atoms with van der Waals surface area (Å²) < 4.78 is 14.9. The molecule has 0 bridgehead atoms. The second-order valence-corrected chi connectivity index (χ2v) is 5.09. The topological polar surface area (TPSA) is 59.8 Å². The van der Waals surface area contributed by atoms with Gasteiger partial charge in [-0.05, 0) is 29.8 Å². The predicted octanol–water partition coefficient (Wildman–Crippen LogP) is 2.55. The highest BCUT2D eigenvalue weighted by molar-refractivity contribution is 5.93. The van der Waals surface area contributed by atoms with Gasteiger partial charge in [-0.1, -0.05) is 18.2 Å². The number of aromatic nitrogens is 3. The average molecular weight is 310 g/mol. The first-order valence-electron chi connectivity index (χ1n) is 7.10. The summed E-state index contributed by atoms with van der Waals surface area (Å²) in [6.07, 6.45) is 3.37. The Bertz CT molecular complexity index is 830. The number of hydrogen-bond acceptors (Lipinski definition) is 3. The zero-order valence-electron chi connectivity index (χ0n) is 12.5. The molecule has 0 aliphatic rings. The third-order valence-electron chi connectivity index (χ3n) is 3.41. The fourth-order valence-corrected chi connectivity index (χ4v) is 2.27. The molecule has 0 aliphatic heterocycles. The summed E-state index contributed by atoms with van der Waals surface area (Å²) in [5, 5.41) is 6.99. The lowest BCUT2D eigenvalue weighted by atomic mass is 10.1. The highest BCUT2D eigenvalue weighted by Crippen LogP contribution is 2.20. The van der Waals surface area contributed by atoms with Gasteiger partial charge in [0.25, 0.3) is 5.91 Å². The normalized spacial score (nSPS) is 10.5. The minimum atomic E-state index is -0.328. The number of aryl methyl sites for hydroxylation is 1. The molecule has 0 atom stereocenters. The van der Waals surface area contributed by atoms with E-state index in [4.69, 9.17) is 0 Å². The van der Waals surface area contributed by atoms with Crippen LogP contribution in [-0.2, 0) is 13.6 Å². The molecule has 23 heavy (non-hydrogen) atoms. The number of rotatable bonds is 4. The molecule has 6 heteroatoms. The quantitative estimate of drug-likeness (QED) is 0.805. The predicted molar refractivity (Wildman–Crippen MR) is 84.0 cm³/mol. The van der Waals surface area contributed by atoms with Gasteiger partial charge in [0.15, 0.2) is 5.69 Å². The lowest BCUT2D eigenvalue weighted by Crippen LogP contribution is -2.23. The molecule has 0 spiro atoms. The van der Waals surface area contributed by atoms with Gasteiger partial charge in [-0.15, -0.1) is 0 Å². The summed E-state index contributed by atoms with van der Waals surface area (Å²) in [5.74, 6) is -0.613. The Hall–Kier alpha value is -3.02. The van der Waals surface area contributed by atoms with E-state index in [-0.39, 0.29) is 17.4 Å².